The van der Waals surface area contributed by atoms with E-state index in [1.807, 2.05) is 0 Å². The first kappa shape index (κ1) is 18.1. The number of nitrogens with one attached hydrogen (secondary N) is 1. The molecule has 0 unspecified atom stereocenters. The van der Waals surface area contributed by atoms with E-state index >= 15 is 0 Å². The lowest BCUT2D eigenvalue weighted by Crippen LogP contribution is -2.52. The number of halogens is 3. The highest BCUT2D eigenvalue weighted by Gasteiger charge is 2.45. The number of fused-ring (bicyclic) bond motifs is 2. The molecule has 0 aliphatic carbocycles. The number of carbonyl (C=O) groups excluding carboxylic acids is 1. The number of pyridine rings is 1. The second-order valence-corrected chi connectivity index (χ2v) is 8.44. The molecule has 10 heteroatoms. The smallest absolute Gasteiger partial charge is 0.349 e. The zero-order valence-electron chi connectivity index (χ0n) is 13.5. The maximum Gasteiger partial charge on any atom is 0.433 e. The van der Waals surface area contributed by atoms with Crippen molar-refractivity contribution in [3.05, 3.63) is 29.6 Å². The Balaban J connectivity index is 1.65. The Bertz CT molecular complexity index is 750. The van der Waals surface area contributed by atoms with E-state index in [9.17, 15) is 26.4 Å². The number of alkyl halides is 3. The molecule has 2 atom stereocenters. The van der Waals surface area contributed by atoms with Crippen molar-refractivity contribution >= 4 is 15.9 Å². The third-order valence-corrected chi connectivity index (χ3v) is 6.06. The number of amides is 1. The normalized spacial score (nSPS) is 27.3. The van der Waals surface area contributed by atoms with Crippen molar-refractivity contribution in [2.24, 2.45) is 0 Å². The Kier molecular flexibility index (Phi) is 4.52. The third kappa shape index (κ3) is 3.79. The van der Waals surface area contributed by atoms with Crippen LogP contribution in [0.2, 0.25) is 0 Å². The second kappa shape index (κ2) is 6.24. The van der Waals surface area contributed by atoms with Crippen LogP contribution in [-0.2, 0) is 16.2 Å². The van der Waals surface area contributed by atoms with E-state index < -0.39 is 27.8 Å². The second-order valence-electron chi connectivity index (χ2n) is 6.55. The van der Waals surface area contributed by atoms with Gasteiger partial charge in [0.25, 0.3) is 5.91 Å². The van der Waals surface area contributed by atoms with Gasteiger partial charge in [0.15, 0.2) is 0 Å². The van der Waals surface area contributed by atoms with Crippen LogP contribution in [0.15, 0.2) is 18.3 Å². The quantitative estimate of drug-likeness (QED) is 0.871. The molecule has 3 rings (SSSR count). The average molecular weight is 377 g/mol. The summed E-state index contributed by atoms with van der Waals surface area (Å²) in [6.07, 6.45) is 0.0564. The van der Waals surface area contributed by atoms with Crippen LogP contribution in [0, 0.1) is 0 Å². The van der Waals surface area contributed by atoms with Crippen molar-refractivity contribution in [1.29, 1.82) is 0 Å². The molecule has 25 heavy (non-hydrogen) atoms. The van der Waals surface area contributed by atoms with E-state index in [1.165, 1.54) is 10.6 Å². The van der Waals surface area contributed by atoms with Gasteiger partial charge in [0, 0.05) is 24.3 Å². The summed E-state index contributed by atoms with van der Waals surface area (Å²) in [6, 6.07) is 1.39. The fourth-order valence-corrected chi connectivity index (χ4v) is 5.22. The Labute approximate surface area is 143 Å². The first-order chi connectivity index (χ1) is 11.6. The van der Waals surface area contributed by atoms with Gasteiger partial charge >= 0.3 is 6.18 Å². The highest BCUT2D eigenvalue weighted by molar-refractivity contribution is 7.88. The van der Waals surface area contributed by atoms with Crippen molar-refractivity contribution in [2.45, 2.75) is 50.0 Å². The summed E-state index contributed by atoms with van der Waals surface area (Å²) in [7, 11) is -3.28. The number of carbonyl (C=O) groups is 1. The molecule has 0 saturated carbocycles. The van der Waals surface area contributed by atoms with Crippen LogP contribution in [0.1, 0.15) is 41.7 Å². The van der Waals surface area contributed by atoms with E-state index in [1.54, 1.807) is 0 Å². The molecule has 1 aromatic rings. The van der Waals surface area contributed by atoms with Gasteiger partial charge in [-0.3, -0.25) is 9.78 Å². The average Bonchev–Trinajstić information content (AvgIpc) is 2.79. The predicted molar refractivity (Wildman–Crippen MR) is 83.2 cm³/mol. The number of piperidine rings is 1. The van der Waals surface area contributed by atoms with Gasteiger partial charge in [0.2, 0.25) is 10.0 Å². The van der Waals surface area contributed by atoms with Gasteiger partial charge in [-0.25, -0.2) is 8.42 Å². The lowest BCUT2D eigenvalue weighted by molar-refractivity contribution is -0.141. The summed E-state index contributed by atoms with van der Waals surface area (Å²) >= 11 is 0. The number of hydrogen-bond acceptors (Lipinski definition) is 4. The molecule has 2 aliphatic rings. The summed E-state index contributed by atoms with van der Waals surface area (Å²) < 4.78 is 62.7. The Hall–Kier alpha value is -1.68. The lowest BCUT2D eigenvalue weighted by atomic mass is 9.99. The fraction of sp³-hybridized carbons (Fsp3) is 0.600. The molecule has 2 fully saturated rings. The minimum atomic E-state index is -4.55. The molecule has 0 spiro atoms. The first-order valence-electron chi connectivity index (χ1n) is 7.88. The molecule has 2 saturated heterocycles. The van der Waals surface area contributed by atoms with Crippen LogP contribution >= 0.6 is 0 Å². The Morgan fingerprint density at radius 3 is 2.28 bits per heavy atom. The van der Waals surface area contributed by atoms with E-state index in [0.717, 1.165) is 31.2 Å². The van der Waals surface area contributed by atoms with Crippen LogP contribution < -0.4 is 5.32 Å². The third-order valence-electron chi connectivity index (χ3n) is 4.70. The monoisotopic (exact) mass is 377 g/mol. The number of rotatable bonds is 3. The summed E-state index contributed by atoms with van der Waals surface area (Å²) in [6.45, 7) is 0. The van der Waals surface area contributed by atoms with E-state index in [2.05, 4.69) is 10.3 Å². The summed E-state index contributed by atoms with van der Waals surface area (Å²) in [5, 5.41) is 2.78. The Morgan fingerprint density at radius 2 is 1.84 bits per heavy atom. The lowest BCUT2D eigenvalue weighted by Gasteiger charge is -2.37. The van der Waals surface area contributed by atoms with Crippen LogP contribution in [0.3, 0.4) is 0 Å². The molecule has 0 radical (unpaired) electrons. The van der Waals surface area contributed by atoms with Gasteiger partial charge in [-0.15, -0.1) is 0 Å². The van der Waals surface area contributed by atoms with Crippen molar-refractivity contribution in [2.75, 3.05) is 6.26 Å². The molecule has 138 valence electrons. The van der Waals surface area contributed by atoms with Gasteiger partial charge < -0.3 is 5.32 Å². The topological polar surface area (TPSA) is 79.4 Å². The molecule has 1 N–H and O–H groups in total. The van der Waals surface area contributed by atoms with E-state index in [-0.39, 0.29) is 23.7 Å². The SMILES string of the molecule is CS(=O)(=O)N1[C@H]2CC[C@H]1CC(NC(=O)c1ccc(C(F)(F)F)nc1)C2. The van der Waals surface area contributed by atoms with E-state index in [0.29, 0.717) is 12.8 Å². The highest BCUT2D eigenvalue weighted by atomic mass is 32.2. The molecule has 1 aromatic heterocycles. The molecular formula is C15H18F3N3O3S. The maximum atomic E-state index is 12.5. The van der Waals surface area contributed by atoms with Crippen LogP contribution in [0.4, 0.5) is 13.2 Å². The maximum absolute atomic E-state index is 12.5. The highest BCUT2D eigenvalue weighted by Crippen LogP contribution is 2.37. The molecular weight excluding hydrogens is 359 g/mol. The van der Waals surface area contributed by atoms with Crippen LogP contribution in [0.5, 0.6) is 0 Å². The standard InChI is InChI=1S/C15H18F3N3O3S/c1-25(23,24)21-11-3-4-12(21)7-10(6-11)20-14(22)9-2-5-13(19-8-9)15(16,17)18/h2,5,8,10-12H,3-4,6-7H2,1H3,(H,20,22)/t11-,12-/m0/s1. The fourth-order valence-electron chi connectivity index (χ4n) is 3.76. The van der Waals surface area contributed by atoms with Gasteiger partial charge in [0.1, 0.15) is 5.69 Å². The Morgan fingerprint density at radius 1 is 1.24 bits per heavy atom. The zero-order chi connectivity index (χ0) is 18.4. The van der Waals surface area contributed by atoms with Crippen molar-refractivity contribution in [3.8, 4) is 0 Å². The molecule has 1 amide bonds. The van der Waals surface area contributed by atoms with Gasteiger partial charge in [-0.05, 0) is 37.8 Å². The molecule has 6 nitrogen and oxygen atoms in total. The molecule has 3 heterocycles. The number of hydrogen-bond donors (Lipinski definition) is 1. The van der Waals surface area contributed by atoms with Gasteiger partial charge in [0.05, 0.1) is 11.8 Å². The largest absolute Gasteiger partial charge is 0.433 e. The van der Waals surface area contributed by atoms with Crippen molar-refractivity contribution in [3.63, 3.8) is 0 Å². The number of aromatic nitrogens is 1. The van der Waals surface area contributed by atoms with Crippen LogP contribution in [-0.4, -0.2) is 48.0 Å². The number of nitrogens with zero attached hydrogens (tertiary/aromatic N) is 2. The minimum absolute atomic E-state index is 0.0471. The van der Waals surface area contributed by atoms with Crippen molar-refractivity contribution in [1.82, 2.24) is 14.6 Å². The minimum Gasteiger partial charge on any atom is -0.349 e. The van der Waals surface area contributed by atoms with Gasteiger partial charge in [-0.2, -0.15) is 17.5 Å². The summed E-state index contributed by atoms with van der Waals surface area (Å²) in [5.74, 6) is -0.501. The van der Waals surface area contributed by atoms with E-state index in [4.69, 9.17) is 0 Å². The zero-order valence-corrected chi connectivity index (χ0v) is 14.3. The summed E-state index contributed by atoms with van der Waals surface area (Å²) in [5.41, 5.74) is -1.01. The van der Waals surface area contributed by atoms with Gasteiger partial charge in [-0.1, -0.05) is 0 Å². The van der Waals surface area contributed by atoms with Crippen molar-refractivity contribution < 1.29 is 26.4 Å². The molecule has 0 aromatic carbocycles. The summed E-state index contributed by atoms with van der Waals surface area (Å²) in [4.78, 5) is 15.5. The number of sulfonamides is 1. The predicted octanol–water partition coefficient (Wildman–Crippen LogP) is 1.79. The van der Waals surface area contributed by atoms with Crippen LogP contribution in [0.25, 0.3) is 0 Å². The first-order valence-corrected chi connectivity index (χ1v) is 9.73. The molecule has 2 aliphatic heterocycles. The molecule has 2 bridgehead atoms.